The second kappa shape index (κ2) is 9.07. The third-order valence-electron chi connectivity index (χ3n) is 4.55. The minimum absolute atomic E-state index is 0.159. The molecule has 0 aromatic heterocycles. The topological polar surface area (TPSA) is 75.7 Å². The molecule has 0 saturated carbocycles. The molecule has 150 valence electrons. The highest BCUT2D eigenvalue weighted by atomic mass is 79.9. The Morgan fingerprint density at radius 3 is 2.68 bits per heavy atom. The van der Waals surface area contributed by atoms with Crippen molar-refractivity contribution in [2.24, 2.45) is 0 Å². The van der Waals surface area contributed by atoms with E-state index in [4.69, 9.17) is 4.74 Å². The number of anilines is 1. The quantitative estimate of drug-likeness (QED) is 0.605. The van der Waals surface area contributed by atoms with Crippen molar-refractivity contribution in [3.63, 3.8) is 0 Å². The maximum Gasteiger partial charge on any atom is 0.264 e. The predicted octanol–water partition coefficient (Wildman–Crippen LogP) is 3.36. The summed E-state index contributed by atoms with van der Waals surface area (Å²) in [5.41, 5.74) is 2.04. The second-order valence-corrected chi connectivity index (χ2v) is 9.21. The van der Waals surface area contributed by atoms with Crippen LogP contribution in [0.1, 0.15) is 29.3 Å². The molecule has 0 fully saturated rings. The largest absolute Gasteiger partial charge is 0.382 e. The van der Waals surface area contributed by atoms with Gasteiger partial charge >= 0.3 is 0 Å². The maximum absolute atomic E-state index is 13.0. The lowest BCUT2D eigenvalue weighted by Gasteiger charge is -2.19. The Balaban J connectivity index is 1.72. The van der Waals surface area contributed by atoms with Gasteiger partial charge in [0.25, 0.3) is 15.9 Å². The maximum atomic E-state index is 13.0. The van der Waals surface area contributed by atoms with Gasteiger partial charge < -0.3 is 10.1 Å². The summed E-state index contributed by atoms with van der Waals surface area (Å²) in [6.45, 7) is 4.12. The van der Waals surface area contributed by atoms with Gasteiger partial charge in [-0.15, -0.1) is 0 Å². The van der Waals surface area contributed by atoms with Gasteiger partial charge in [0.1, 0.15) is 0 Å². The highest BCUT2D eigenvalue weighted by Crippen LogP contribution is 2.33. The summed E-state index contributed by atoms with van der Waals surface area (Å²) in [6, 6.07) is 11.8. The summed E-state index contributed by atoms with van der Waals surface area (Å²) < 4.78 is 33.4. The third-order valence-corrected chi connectivity index (χ3v) is 6.91. The minimum atomic E-state index is -3.63. The molecule has 1 aliphatic heterocycles. The molecule has 1 heterocycles. The number of nitrogens with one attached hydrogen (secondary N) is 1. The fraction of sp³-hybridized carbons (Fsp3) is 0.350. The van der Waals surface area contributed by atoms with Gasteiger partial charge in [-0.3, -0.25) is 9.10 Å². The van der Waals surface area contributed by atoms with E-state index >= 15 is 0 Å². The summed E-state index contributed by atoms with van der Waals surface area (Å²) in [6.07, 6.45) is 1.33. The smallest absolute Gasteiger partial charge is 0.264 e. The van der Waals surface area contributed by atoms with Gasteiger partial charge in [-0.05, 0) is 67.8 Å². The average molecular weight is 467 g/mol. The van der Waals surface area contributed by atoms with Crippen LogP contribution in [0.25, 0.3) is 0 Å². The Morgan fingerprint density at radius 2 is 1.96 bits per heavy atom. The molecule has 0 spiro atoms. The van der Waals surface area contributed by atoms with Crippen LogP contribution in [0.15, 0.2) is 51.8 Å². The first-order valence-corrected chi connectivity index (χ1v) is 11.4. The Morgan fingerprint density at radius 1 is 1.21 bits per heavy atom. The number of amides is 1. The molecule has 28 heavy (non-hydrogen) atoms. The van der Waals surface area contributed by atoms with Crippen LogP contribution < -0.4 is 9.62 Å². The average Bonchev–Trinajstić information content (AvgIpc) is 3.12. The number of rotatable bonds is 8. The first kappa shape index (κ1) is 20.8. The van der Waals surface area contributed by atoms with E-state index in [9.17, 15) is 13.2 Å². The molecule has 2 aromatic carbocycles. The first-order chi connectivity index (χ1) is 13.4. The van der Waals surface area contributed by atoms with Crippen molar-refractivity contribution in [1.82, 2.24) is 5.32 Å². The van der Waals surface area contributed by atoms with Crippen molar-refractivity contribution in [3.8, 4) is 0 Å². The molecular weight excluding hydrogens is 444 g/mol. The van der Waals surface area contributed by atoms with E-state index < -0.39 is 10.0 Å². The lowest BCUT2D eigenvalue weighted by atomic mass is 10.1. The molecule has 0 atom stereocenters. The molecule has 0 aliphatic carbocycles. The molecular formula is C20H23BrN2O4S. The van der Waals surface area contributed by atoms with Gasteiger partial charge in [0.2, 0.25) is 0 Å². The first-order valence-electron chi connectivity index (χ1n) is 9.20. The van der Waals surface area contributed by atoms with Gasteiger partial charge in [-0.1, -0.05) is 15.9 Å². The number of ether oxygens (including phenoxy) is 1. The zero-order valence-corrected chi connectivity index (χ0v) is 18.1. The standard InChI is InChI=1S/C20H23BrN2O4S/c1-2-27-13-3-11-22-20(24)16-4-9-19-15(14-16)10-12-23(19)28(25,26)18-7-5-17(21)6-8-18/h4-9,14H,2-3,10-13H2,1H3,(H,22,24). The van der Waals surface area contributed by atoms with Crippen molar-refractivity contribution < 1.29 is 17.9 Å². The van der Waals surface area contributed by atoms with E-state index in [0.29, 0.717) is 44.0 Å². The number of sulfonamides is 1. The van der Waals surface area contributed by atoms with Crippen LogP contribution in [0, 0.1) is 0 Å². The van der Waals surface area contributed by atoms with Gasteiger partial charge in [-0.2, -0.15) is 0 Å². The minimum Gasteiger partial charge on any atom is -0.382 e. The van der Waals surface area contributed by atoms with Gasteiger partial charge in [0.15, 0.2) is 0 Å². The van der Waals surface area contributed by atoms with Crippen molar-refractivity contribution in [3.05, 3.63) is 58.1 Å². The molecule has 2 aromatic rings. The summed E-state index contributed by atoms with van der Waals surface area (Å²) in [5, 5.41) is 2.87. The molecule has 3 rings (SSSR count). The van der Waals surface area contributed by atoms with Crippen LogP contribution in [0.4, 0.5) is 5.69 Å². The van der Waals surface area contributed by atoms with Crippen LogP contribution in [-0.4, -0.2) is 40.6 Å². The van der Waals surface area contributed by atoms with Crippen molar-refractivity contribution in [2.45, 2.75) is 24.7 Å². The Bertz CT molecular complexity index is 945. The Labute approximate surface area is 174 Å². The zero-order chi connectivity index (χ0) is 20.1. The van der Waals surface area contributed by atoms with Gasteiger partial charge in [-0.25, -0.2) is 8.42 Å². The summed E-state index contributed by atoms with van der Waals surface area (Å²) in [7, 11) is -3.63. The number of hydrogen-bond donors (Lipinski definition) is 1. The lowest BCUT2D eigenvalue weighted by Crippen LogP contribution is -2.29. The van der Waals surface area contributed by atoms with Gasteiger partial charge in [0.05, 0.1) is 10.6 Å². The molecule has 0 unspecified atom stereocenters. The van der Waals surface area contributed by atoms with E-state index in [2.05, 4.69) is 21.2 Å². The number of hydrogen-bond acceptors (Lipinski definition) is 4. The van der Waals surface area contributed by atoms with Crippen LogP contribution >= 0.6 is 15.9 Å². The summed E-state index contributed by atoms with van der Waals surface area (Å²) in [4.78, 5) is 12.6. The fourth-order valence-electron chi connectivity index (χ4n) is 3.12. The van der Waals surface area contributed by atoms with E-state index in [1.807, 2.05) is 6.92 Å². The number of carbonyl (C=O) groups excluding carboxylic acids is 1. The van der Waals surface area contributed by atoms with Crippen LogP contribution in [0.5, 0.6) is 0 Å². The number of benzene rings is 2. The van der Waals surface area contributed by atoms with E-state index in [1.54, 1.807) is 42.5 Å². The normalized spacial score (nSPS) is 13.4. The van der Waals surface area contributed by atoms with Crippen molar-refractivity contribution in [1.29, 1.82) is 0 Å². The number of halogens is 1. The van der Waals surface area contributed by atoms with Crippen molar-refractivity contribution in [2.75, 3.05) is 30.6 Å². The van der Waals surface area contributed by atoms with Gasteiger partial charge in [0, 0.05) is 36.3 Å². The SMILES string of the molecule is CCOCCCNC(=O)c1ccc2c(c1)CCN2S(=O)(=O)c1ccc(Br)cc1. The molecule has 1 N–H and O–H groups in total. The van der Waals surface area contributed by atoms with E-state index in [-0.39, 0.29) is 10.8 Å². The number of fused-ring (bicyclic) bond motifs is 1. The Kier molecular flexibility index (Phi) is 6.74. The van der Waals surface area contributed by atoms with E-state index in [0.717, 1.165) is 16.5 Å². The Hall–Kier alpha value is -1.90. The molecule has 1 aliphatic rings. The van der Waals surface area contributed by atoms with Crippen LogP contribution in [0.3, 0.4) is 0 Å². The molecule has 1 amide bonds. The molecule has 0 bridgehead atoms. The highest BCUT2D eigenvalue weighted by molar-refractivity contribution is 9.10. The highest BCUT2D eigenvalue weighted by Gasteiger charge is 2.31. The number of nitrogens with zero attached hydrogens (tertiary/aromatic N) is 1. The summed E-state index contributed by atoms with van der Waals surface area (Å²) >= 11 is 3.32. The summed E-state index contributed by atoms with van der Waals surface area (Å²) in [5.74, 6) is -0.159. The third kappa shape index (κ3) is 4.56. The van der Waals surface area contributed by atoms with Crippen LogP contribution in [0.2, 0.25) is 0 Å². The van der Waals surface area contributed by atoms with Crippen molar-refractivity contribution >= 4 is 37.5 Å². The zero-order valence-electron chi connectivity index (χ0n) is 15.7. The van der Waals surface area contributed by atoms with E-state index in [1.165, 1.54) is 4.31 Å². The molecule has 0 saturated heterocycles. The monoisotopic (exact) mass is 466 g/mol. The molecule has 0 radical (unpaired) electrons. The second-order valence-electron chi connectivity index (χ2n) is 6.43. The lowest BCUT2D eigenvalue weighted by molar-refractivity contribution is 0.0944. The van der Waals surface area contributed by atoms with Crippen LogP contribution in [-0.2, 0) is 21.2 Å². The fourth-order valence-corrected chi connectivity index (χ4v) is 4.89. The molecule has 6 nitrogen and oxygen atoms in total. The number of carbonyl (C=O) groups is 1. The predicted molar refractivity (Wildman–Crippen MR) is 112 cm³/mol. The molecule has 8 heteroatoms.